The molecular weight excluding hydrogens is 308 g/mol. The van der Waals surface area contributed by atoms with Crippen molar-refractivity contribution in [2.45, 2.75) is 43.5 Å². The number of aliphatic hydroxyl groups is 1. The summed E-state index contributed by atoms with van der Waals surface area (Å²) in [5.41, 5.74) is 3.42. The van der Waals surface area contributed by atoms with Gasteiger partial charge in [-0.3, -0.25) is 4.79 Å². The monoisotopic (exact) mass is 334 g/mol. The first kappa shape index (κ1) is 16.7. The second kappa shape index (κ2) is 7.58. The molecule has 23 heavy (non-hydrogen) atoms. The quantitative estimate of drug-likeness (QED) is 0.839. The lowest BCUT2D eigenvalue weighted by molar-refractivity contribution is -0.119. The van der Waals surface area contributed by atoms with E-state index in [0.717, 1.165) is 18.5 Å². The van der Waals surface area contributed by atoms with Crippen LogP contribution in [0.5, 0.6) is 0 Å². The number of thioether (sulfide) groups is 1. The van der Waals surface area contributed by atoms with Crippen LogP contribution in [0.3, 0.4) is 0 Å². The lowest BCUT2D eigenvalue weighted by Gasteiger charge is -2.16. The highest BCUT2D eigenvalue weighted by atomic mass is 32.2. The molecule has 1 heterocycles. The van der Waals surface area contributed by atoms with Crippen LogP contribution in [-0.4, -0.2) is 42.2 Å². The van der Waals surface area contributed by atoms with Gasteiger partial charge in [0.15, 0.2) is 0 Å². The van der Waals surface area contributed by atoms with Gasteiger partial charge in [-0.05, 0) is 36.5 Å². The van der Waals surface area contributed by atoms with Crippen molar-refractivity contribution in [1.82, 2.24) is 5.32 Å². The first-order valence-corrected chi connectivity index (χ1v) is 9.58. The van der Waals surface area contributed by atoms with Gasteiger partial charge in [0.05, 0.1) is 11.9 Å². The largest absolute Gasteiger partial charge is 0.387 e. The van der Waals surface area contributed by atoms with Crippen LogP contribution in [0, 0.1) is 0 Å². The molecule has 126 valence electrons. The number of hydrogen-bond acceptors (Lipinski definition) is 4. The number of amides is 1. The lowest BCUT2D eigenvalue weighted by atomic mass is 10.0. The first-order chi connectivity index (χ1) is 11.1. The average Bonchev–Trinajstić information content (AvgIpc) is 3.20. The second-order valence-corrected chi connectivity index (χ2v) is 7.89. The Bertz CT molecular complexity index is 558. The number of carbonyl (C=O) groups excluding carboxylic acids is 1. The van der Waals surface area contributed by atoms with E-state index in [0.29, 0.717) is 17.5 Å². The highest BCUT2D eigenvalue weighted by Gasteiger charge is 2.19. The fraction of sp³-hybridized carbons (Fsp3) is 0.611. The van der Waals surface area contributed by atoms with Gasteiger partial charge in [0.25, 0.3) is 0 Å². The van der Waals surface area contributed by atoms with E-state index in [4.69, 9.17) is 0 Å². The van der Waals surface area contributed by atoms with Gasteiger partial charge in [-0.2, -0.15) is 0 Å². The molecule has 2 aliphatic rings. The number of likely N-dealkylation sites (N-methyl/N-ethyl adjacent to an activating group) is 1. The molecule has 0 unspecified atom stereocenters. The van der Waals surface area contributed by atoms with E-state index in [-0.39, 0.29) is 5.91 Å². The van der Waals surface area contributed by atoms with Crippen molar-refractivity contribution in [3.8, 4) is 0 Å². The number of benzene rings is 1. The van der Waals surface area contributed by atoms with Crippen LogP contribution in [0.25, 0.3) is 0 Å². The van der Waals surface area contributed by atoms with Crippen molar-refractivity contribution in [2.24, 2.45) is 0 Å². The zero-order chi connectivity index (χ0) is 16.2. The molecule has 1 amide bonds. The summed E-state index contributed by atoms with van der Waals surface area (Å²) in [5.74, 6) is 0.536. The van der Waals surface area contributed by atoms with Crippen molar-refractivity contribution in [3.63, 3.8) is 0 Å². The summed E-state index contributed by atoms with van der Waals surface area (Å²) < 4.78 is 0. The minimum absolute atomic E-state index is 0.0295. The first-order valence-electron chi connectivity index (χ1n) is 8.54. The average molecular weight is 334 g/mol. The van der Waals surface area contributed by atoms with E-state index in [9.17, 15) is 9.90 Å². The summed E-state index contributed by atoms with van der Waals surface area (Å²) in [6.45, 7) is 1.32. The summed E-state index contributed by atoms with van der Waals surface area (Å²) in [7, 11) is 2.09. The Balaban J connectivity index is 1.45. The Morgan fingerprint density at radius 3 is 3.00 bits per heavy atom. The van der Waals surface area contributed by atoms with Gasteiger partial charge in [0.2, 0.25) is 5.91 Å². The minimum Gasteiger partial charge on any atom is -0.387 e. The van der Waals surface area contributed by atoms with Gasteiger partial charge < -0.3 is 15.3 Å². The Labute approximate surface area is 142 Å². The molecule has 1 aromatic rings. The van der Waals surface area contributed by atoms with Crippen LogP contribution in [0.4, 0.5) is 5.69 Å². The molecule has 0 aromatic heterocycles. The van der Waals surface area contributed by atoms with Crippen LogP contribution in [-0.2, 0) is 11.2 Å². The van der Waals surface area contributed by atoms with E-state index in [1.54, 1.807) is 11.8 Å². The molecule has 2 N–H and O–H groups in total. The smallest absolute Gasteiger partial charge is 0.230 e. The Morgan fingerprint density at radius 1 is 1.43 bits per heavy atom. The summed E-state index contributed by atoms with van der Waals surface area (Å²) >= 11 is 1.76. The Hall–Kier alpha value is -1.20. The van der Waals surface area contributed by atoms with Crippen LogP contribution >= 0.6 is 11.8 Å². The molecule has 0 bridgehead atoms. The lowest BCUT2D eigenvalue weighted by Crippen LogP contribution is -2.30. The fourth-order valence-corrected chi connectivity index (χ4v) is 4.58. The number of nitrogens with zero attached hydrogens (tertiary/aromatic N) is 1. The van der Waals surface area contributed by atoms with Gasteiger partial charge >= 0.3 is 0 Å². The third-order valence-corrected chi connectivity index (χ3v) is 6.23. The highest BCUT2D eigenvalue weighted by molar-refractivity contribution is 8.00. The summed E-state index contributed by atoms with van der Waals surface area (Å²) in [5, 5.41) is 13.8. The summed E-state index contributed by atoms with van der Waals surface area (Å²) in [6.07, 6.45) is 5.47. The third-order valence-electron chi connectivity index (χ3n) is 4.86. The number of aliphatic hydroxyl groups excluding tert-OH is 1. The molecular formula is C18H26N2O2S. The van der Waals surface area contributed by atoms with Gasteiger partial charge in [-0.1, -0.05) is 25.0 Å². The number of anilines is 1. The van der Waals surface area contributed by atoms with E-state index in [1.165, 1.54) is 36.9 Å². The van der Waals surface area contributed by atoms with Gasteiger partial charge in [0, 0.05) is 31.1 Å². The Kier molecular flexibility index (Phi) is 5.49. The molecule has 0 saturated heterocycles. The zero-order valence-corrected chi connectivity index (χ0v) is 14.6. The summed E-state index contributed by atoms with van der Waals surface area (Å²) in [4.78, 5) is 14.1. The van der Waals surface area contributed by atoms with Crippen molar-refractivity contribution in [1.29, 1.82) is 0 Å². The molecule has 1 saturated carbocycles. The molecule has 3 rings (SSSR count). The van der Waals surface area contributed by atoms with Gasteiger partial charge in [0.1, 0.15) is 0 Å². The van der Waals surface area contributed by atoms with E-state index >= 15 is 0 Å². The predicted molar refractivity (Wildman–Crippen MR) is 96.1 cm³/mol. The molecule has 4 nitrogen and oxygen atoms in total. The summed E-state index contributed by atoms with van der Waals surface area (Å²) in [6, 6.07) is 6.10. The number of rotatable bonds is 6. The van der Waals surface area contributed by atoms with Gasteiger partial charge in [-0.15, -0.1) is 11.8 Å². The molecule has 1 aliphatic carbocycles. The van der Waals surface area contributed by atoms with E-state index in [2.05, 4.69) is 29.4 Å². The van der Waals surface area contributed by atoms with E-state index < -0.39 is 6.10 Å². The Morgan fingerprint density at radius 2 is 2.22 bits per heavy atom. The number of fused-ring (bicyclic) bond motifs is 1. The SMILES string of the molecule is CN1CCc2cc([C@H](O)CNC(=O)CSC3CCCC3)ccc21. The molecule has 0 radical (unpaired) electrons. The van der Waals surface area contributed by atoms with Gasteiger partial charge in [-0.25, -0.2) is 0 Å². The number of nitrogens with one attached hydrogen (secondary N) is 1. The van der Waals surface area contributed by atoms with Crippen molar-refractivity contribution in [3.05, 3.63) is 29.3 Å². The topological polar surface area (TPSA) is 52.6 Å². The van der Waals surface area contributed by atoms with Crippen LogP contribution in [0.2, 0.25) is 0 Å². The minimum atomic E-state index is -0.633. The maximum atomic E-state index is 11.9. The second-order valence-electron chi connectivity index (χ2n) is 6.60. The molecule has 1 fully saturated rings. The van der Waals surface area contributed by atoms with Crippen LogP contribution < -0.4 is 10.2 Å². The maximum absolute atomic E-state index is 11.9. The standard InChI is InChI=1S/C18H26N2O2S/c1-20-9-8-13-10-14(6-7-16(13)20)17(21)11-19-18(22)12-23-15-4-2-3-5-15/h6-7,10,15,17,21H,2-5,8-9,11-12H2,1H3,(H,19,22)/t17-/m1/s1. The van der Waals surface area contributed by atoms with E-state index in [1.807, 2.05) is 6.07 Å². The predicted octanol–water partition coefficient (Wildman–Crippen LogP) is 2.50. The highest BCUT2D eigenvalue weighted by Crippen LogP contribution is 2.30. The molecule has 1 atom stereocenters. The molecule has 1 aliphatic heterocycles. The van der Waals surface area contributed by atoms with Crippen LogP contribution in [0.15, 0.2) is 18.2 Å². The zero-order valence-electron chi connectivity index (χ0n) is 13.8. The molecule has 5 heteroatoms. The van der Waals surface area contributed by atoms with Crippen molar-refractivity contribution >= 4 is 23.4 Å². The maximum Gasteiger partial charge on any atom is 0.230 e. The fourth-order valence-electron chi connectivity index (χ4n) is 3.42. The molecule has 1 aromatic carbocycles. The number of hydrogen-bond donors (Lipinski definition) is 2. The van der Waals surface area contributed by atoms with Crippen molar-refractivity contribution in [2.75, 3.05) is 30.8 Å². The third kappa shape index (κ3) is 4.21. The van der Waals surface area contributed by atoms with Crippen LogP contribution in [0.1, 0.15) is 42.9 Å². The van der Waals surface area contributed by atoms with Crippen molar-refractivity contribution < 1.29 is 9.90 Å². The normalized spacial score (nSPS) is 19.0. The molecule has 0 spiro atoms. The number of carbonyl (C=O) groups is 1.